The number of esters is 1. The lowest BCUT2D eigenvalue weighted by Crippen LogP contribution is -2.31. The van der Waals surface area contributed by atoms with Crippen LogP contribution in [0.25, 0.3) is 0 Å². The third-order valence-corrected chi connectivity index (χ3v) is 6.50. The second-order valence-electron chi connectivity index (χ2n) is 7.99. The van der Waals surface area contributed by atoms with E-state index in [4.69, 9.17) is 4.74 Å². The van der Waals surface area contributed by atoms with E-state index in [-0.39, 0.29) is 17.6 Å². The zero-order valence-electron chi connectivity index (χ0n) is 19.7. The van der Waals surface area contributed by atoms with Crippen molar-refractivity contribution >= 4 is 29.3 Å². The molecule has 2 aromatic rings. The summed E-state index contributed by atoms with van der Waals surface area (Å²) in [5.74, 6) is -1.08. The number of benzene rings is 2. The summed E-state index contributed by atoms with van der Waals surface area (Å²) in [6.07, 6.45) is 1.76. The Hall–Kier alpha value is -3.50. The largest absolute Gasteiger partial charge is 0.465 e. The number of aryl methyl sites for hydroxylation is 1. The first-order chi connectivity index (χ1) is 16.5. The Kier molecular flexibility index (Phi) is 8.94. The summed E-state index contributed by atoms with van der Waals surface area (Å²) in [6, 6.07) is 19.3. The van der Waals surface area contributed by atoms with Crippen LogP contribution in [-0.4, -0.2) is 24.2 Å². The predicted molar refractivity (Wildman–Crippen MR) is 136 cm³/mol. The summed E-state index contributed by atoms with van der Waals surface area (Å²) in [5, 5.41) is 16.9. The second-order valence-corrected chi connectivity index (χ2v) is 8.98. The van der Waals surface area contributed by atoms with Gasteiger partial charge in [0.2, 0.25) is 0 Å². The van der Waals surface area contributed by atoms with Crippen molar-refractivity contribution in [3.63, 3.8) is 0 Å². The van der Waals surface area contributed by atoms with Gasteiger partial charge in [-0.15, -0.1) is 0 Å². The van der Waals surface area contributed by atoms with Crippen LogP contribution < -0.4 is 10.6 Å². The SMILES string of the molecule is CCCCOC(=O)CSC1=C(C#N)[C@H](c2ccccc2)C(C(=O)Nc2ccccc2C)=C(C)N1. The maximum Gasteiger partial charge on any atom is 0.316 e. The zero-order chi connectivity index (χ0) is 24.5. The Morgan fingerprint density at radius 3 is 2.50 bits per heavy atom. The van der Waals surface area contributed by atoms with Crippen molar-refractivity contribution in [1.29, 1.82) is 5.26 Å². The van der Waals surface area contributed by atoms with E-state index in [9.17, 15) is 14.9 Å². The average Bonchev–Trinajstić information content (AvgIpc) is 2.84. The van der Waals surface area contributed by atoms with Crippen molar-refractivity contribution in [3.8, 4) is 6.07 Å². The van der Waals surface area contributed by atoms with Gasteiger partial charge in [-0.3, -0.25) is 9.59 Å². The minimum Gasteiger partial charge on any atom is -0.465 e. The number of ether oxygens (including phenoxy) is 1. The number of anilines is 1. The molecule has 34 heavy (non-hydrogen) atoms. The van der Waals surface area contributed by atoms with Crippen LogP contribution in [0.2, 0.25) is 0 Å². The number of allylic oxidation sites excluding steroid dienone is 2. The lowest BCUT2D eigenvalue weighted by Gasteiger charge is -2.30. The van der Waals surface area contributed by atoms with Crippen LogP contribution in [0, 0.1) is 18.3 Å². The molecular formula is C27H29N3O3S. The Morgan fingerprint density at radius 2 is 1.82 bits per heavy atom. The third kappa shape index (κ3) is 6.09. The second kappa shape index (κ2) is 12.1. The fraction of sp³-hybridized carbons (Fsp3) is 0.296. The topological polar surface area (TPSA) is 91.2 Å². The molecule has 6 nitrogen and oxygen atoms in total. The summed E-state index contributed by atoms with van der Waals surface area (Å²) in [4.78, 5) is 25.6. The summed E-state index contributed by atoms with van der Waals surface area (Å²) < 4.78 is 5.25. The van der Waals surface area contributed by atoms with Gasteiger partial charge in [-0.2, -0.15) is 5.26 Å². The zero-order valence-corrected chi connectivity index (χ0v) is 20.5. The monoisotopic (exact) mass is 475 g/mol. The van der Waals surface area contributed by atoms with Crippen LogP contribution in [0.15, 0.2) is 76.5 Å². The predicted octanol–water partition coefficient (Wildman–Crippen LogP) is 5.41. The molecule has 0 unspecified atom stereocenters. The summed E-state index contributed by atoms with van der Waals surface area (Å²) >= 11 is 1.22. The van der Waals surface area contributed by atoms with Crippen LogP contribution in [0.1, 0.15) is 43.7 Å². The molecule has 0 radical (unpaired) electrons. The van der Waals surface area contributed by atoms with Crippen molar-refractivity contribution in [1.82, 2.24) is 5.32 Å². The molecule has 2 aromatic carbocycles. The van der Waals surface area contributed by atoms with Gasteiger partial charge in [0.15, 0.2) is 0 Å². The van der Waals surface area contributed by atoms with Crippen molar-refractivity contribution in [2.24, 2.45) is 0 Å². The molecule has 176 valence electrons. The van der Waals surface area contributed by atoms with E-state index in [0.29, 0.717) is 28.5 Å². The fourth-order valence-corrected chi connectivity index (χ4v) is 4.60. The minimum atomic E-state index is -0.560. The number of nitrogens with zero attached hydrogens (tertiary/aromatic N) is 1. The molecule has 2 N–H and O–H groups in total. The molecule has 0 fully saturated rings. The number of carbonyl (C=O) groups is 2. The van der Waals surface area contributed by atoms with E-state index in [2.05, 4.69) is 16.7 Å². The number of thioether (sulfide) groups is 1. The van der Waals surface area contributed by atoms with Crippen LogP contribution in [-0.2, 0) is 14.3 Å². The maximum absolute atomic E-state index is 13.5. The van der Waals surface area contributed by atoms with E-state index < -0.39 is 5.92 Å². The number of hydrogen-bond acceptors (Lipinski definition) is 6. The van der Waals surface area contributed by atoms with Gasteiger partial charge >= 0.3 is 5.97 Å². The van der Waals surface area contributed by atoms with E-state index in [0.717, 1.165) is 29.7 Å². The Labute approximate surface area is 205 Å². The van der Waals surface area contributed by atoms with Crippen molar-refractivity contribution in [2.75, 3.05) is 17.7 Å². The standard InChI is InChI=1S/C27H29N3O3S/c1-4-5-15-33-23(31)17-34-27-21(16-28)25(20-12-7-6-8-13-20)24(19(3)29-27)26(32)30-22-14-10-9-11-18(22)2/h6-14,25,29H,4-5,15,17H2,1-3H3,(H,30,32)/t25-/m0/s1. The van der Waals surface area contributed by atoms with Crippen LogP contribution in [0.5, 0.6) is 0 Å². The molecule has 0 aromatic heterocycles. The van der Waals surface area contributed by atoms with Crippen molar-refractivity contribution in [3.05, 3.63) is 87.6 Å². The molecule has 0 saturated heterocycles. The van der Waals surface area contributed by atoms with Crippen LogP contribution >= 0.6 is 11.8 Å². The van der Waals surface area contributed by atoms with E-state index in [1.54, 1.807) is 0 Å². The first-order valence-corrected chi connectivity index (χ1v) is 12.3. The van der Waals surface area contributed by atoms with Gasteiger partial charge in [-0.25, -0.2) is 0 Å². The van der Waals surface area contributed by atoms with E-state index >= 15 is 0 Å². The maximum atomic E-state index is 13.5. The van der Waals surface area contributed by atoms with Gasteiger partial charge in [-0.1, -0.05) is 73.6 Å². The Bertz CT molecular complexity index is 1150. The number of nitrogens with one attached hydrogen (secondary N) is 2. The van der Waals surface area contributed by atoms with E-state index in [1.165, 1.54) is 11.8 Å². The highest BCUT2D eigenvalue weighted by Crippen LogP contribution is 2.41. The van der Waals surface area contributed by atoms with Crippen molar-refractivity contribution in [2.45, 2.75) is 39.5 Å². The smallest absolute Gasteiger partial charge is 0.316 e. The lowest BCUT2D eigenvalue weighted by molar-refractivity contribution is -0.140. The quantitative estimate of drug-likeness (QED) is 0.372. The molecule has 1 aliphatic heterocycles. The number of para-hydroxylation sites is 1. The molecule has 0 saturated carbocycles. The van der Waals surface area contributed by atoms with Gasteiger partial charge in [-0.05, 0) is 37.5 Å². The summed E-state index contributed by atoms with van der Waals surface area (Å²) in [6.45, 7) is 6.17. The third-order valence-electron chi connectivity index (χ3n) is 5.51. The first kappa shape index (κ1) is 25.1. The number of dihydropyridines is 1. The highest BCUT2D eigenvalue weighted by molar-refractivity contribution is 8.03. The fourth-order valence-electron chi connectivity index (χ4n) is 3.71. The Balaban J connectivity index is 1.92. The molecule has 1 amide bonds. The highest BCUT2D eigenvalue weighted by Gasteiger charge is 2.35. The molecule has 0 spiro atoms. The molecule has 1 heterocycles. The summed E-state index contributed by atoms with van der Waals surface area (Å²) in [7, 11) is 0. The average molecular weight is 476 g/mol. The molecule has 3 rings (SSSR count). The van der Waals surface area contributed by atoms with Gasteiger partial charge in [0.1, 0.15) is 0 Å². The number of rotatable bonds is 9. The molecule has 1 atom stereocenters. The van der Waals surface area contributed by atoms with Gasteiger partial charge in [0.05, 0.1) is 34.9 Å². The number of hydrogen-bond donors (Lipinski definition) is 2. The van der Waals surface area contributed by atoms with Gasteiger partial charge in [0, 0.05) is 17.0 Å². The molecule has 0 bridgehead atoms. The van der Waals surface area contributed by atoms with Gasteiger partial charge in [0.25, 0.3) is 5.91 Å². The van der Waals surface area contributed by atoms with Crippen molar-refractivity contribution < 1.29 is 14.3 Å². The molecule has 0 aliphatic carbocycles. The normalized spacial score (nSPS) is 15.4. The van der Waals surface area contributed by atoms with Crippen LogP contribution in [0.4, 0.5) is 5.69 Å². The van der Waals surface area contributed by atoms with Gasteiger partial charge < -0.3 is 15.4 Å². The first-order valence-electron chi connectivity index (χ1n) is 11.3. The Morgan fingerprint density at radius 1 is 1.12 bits per heavy atom. The number of nitriles is 1. The number of unbranched alkanes of at least 4 members (excludes halogenated alkanes) is 1. The number of carbonyl (C=O) groups excluding carboxylic acids is 2. The highest BCUT2D eigenvalue weighted by atomic mass is 32.2. The summed E-state index contributed by atoms with van der Waals surface area (Å²) in [5.41, 5.74) is 4.01. The molecular weight excluding hydrogens is 446 g/mol. The molecule has 7 heteroatoms. The van der Waals surface area contributed by atoms with E-state index in [1.807, 2.05) is 75.4 Å². The minimum absolute atomic E-state index is 0.0801. The number of amides is 1. The molecule has 1 aliphatic rings. The van der Waals surface area contributed by atoms with Crippen LogP contribution in [0.3, 0.4) is 0 Å². The lowest BCUT2D eigenvalue weighted by atomic mass is 9.82.